The molecular weight excluding hydrogens is 353 g/mol. The van der Waals surface area contributed by atoms with Crippen LogP contribution in [0.1, 0.15) is 17.0 Å². The molecule has 2 N–H and O–H groups in total. The van der Waals surface area contributed by atoms with Gasteiger partial charge in [-0.25, -0.2) is 4.79 Å². The number of carbonyl (C=O) groups is 1. The molecule has 1 heterocycles. The Balaban J connectivity index is 1.93. The molecule has 26 heavy (non-hydrogen) atoms. The number of rotatable bonds is 6. The Kier molecular flexibility index (Phi) is 5.86. The van der Waals surface area contributed by atoms with Crippen LogP contribution in [0.25, 0.3) is 0 Å². The molecule has 1 aromatic heterocycles. The van der Waals surface area contributed by atoms with Crippen LogP contribution in [0, 0.1) is 6.92 Å². The molecule has 7 nitrogen and oxygen atoms in total. The van der Waals surface area contributed by atoms with Crippen molar-refractivity contribution in [3.05, 3.63) is 47.3 Å². The van der Waals surface area contributed by atoms with Crippen LogP contribution in [0.15, 0.2) is 35.5 Å². The first-order chi connectivity index (χ1) is 12.2. The minimum absolute atomic E-state index is 0.0419. The molecule has 0 radical (unpaired) electrons. The fourth-order valence-electron chi connectivity index (χ4n) is 2.04. The van der Waals surface area contributed by atoms with E-state index in [2.05, 4.69) is 15.1 Å². The highest BCUT2D eigenvalue weighted by molar-refractivity contribution is 5.81. The van der Waals surface area contributed by atoms with Crippen molar-refractivity contribution in [1.29, 1.82) is 0 Å². The summed E-state index contributed by atoms with van der Waals surface area (Å²) in [5, 5.41) is 6.85. The van der Waals surface area contributed by atoms with Crippen LogP contribution in [-0.4, -0.2) is 28.7 Å². The SMILES string of the molecule is COc1ccc(CC(=O)O/N=C(\N)Cn2nc(C(F)(F)F)cc2C)cc1. The van der Waals surface area contributed by atoms with Crippen molar-refractivity contribution < 1.29 is 27.5 Å². The predicted octanol–water partition coefficient (Wildman–Crippen LogP) is 2.28. The van der Waals surface area contributed by atoms with Gasteiger partial charge in [0.2, 0.25) is 0 Å². The van der Waals surface area contributed by atoms with Crippen LogP contribution in [0.2, 0.25) is 0 Å². The zero-order chi connectivity index (χ0) is 19.3. The summed E-state index contributed by atoms with van der Waals surface area (Å²) in [4.78, 5) is 16.4. The van der Waals surface area contributed by atoms with Crippen LogP contribution in [0.3, 0.4) is 0 Å². The van der Waals surface area contributed by atoms with E-state index in [4.69, 9.17) is 10.5 Å². The highest BCUT2D eigenvalue weighted by atomic mass is 19.4. The molecular formula is C16H17F3N4O3. The van der Waals surface area contributed by atoms with Crippen LogP contribution in [0.5, 0.6) is 5.75 Å². The third-order valence-corrected chi connectivity index (χ3v) is 3.36. The average Bonchev–Trinajstić information content (AvgIpc) is 2.95. The van der Waals surface area contributed by atoms with Crippen molar-refractivity contribution in [2.24, 2.45) is 10.9 Å². The van der Waals surface area contributed by atoms with E-state index in [0.717, 1.165) is 10.7 Å². The highest BCUT2D eigenvalue weighted by Gasteiger charge is 2.34. The van der Waals surface area contributed by atoms with Crippen molar-refractivity contribution in [3.63, 3.8) is 0 Å². The van der Waals surface area contributed by atoms with Gasteiger partial charge in [-0.1, -0.05) is 17.3 Å². The van der Waals surface area contributed by atoms with Crippen LogP contribution in [-0.2, 0) is 28.8 Å². The number of nitrogens with zero attached hydrogens (tertiary/aromatic N) is 3. The van der Waals surface area contributed by atoms with Gasteiger partial charge >= 0.3 is 12.1 Å². The van der Waals surface area contributed by atoms with Gasteiger partial charge < -0.3 is 15.3 Å². The Labute approximate surface area is 147 Å². The molecule has 0 saturated carbocycles. The van der Waals surface area contributed by atoms with Gasteiger partial charge in [-0.3, -0.25) is 4.68 Å². The average molecular weight is 370 g/mol. The second-order valence-corrected chi connectivity index (χ2v) is 5.40. The Hall–Kier alpha value is -3.04. The second-order valence-electron chi connectivity index (χ2n) is 5.40. The summed E-state index contributed by atoms with van der Waals surface area (Å²) in [5.41, 5.74) is 5.49. The maximum absolute atomic E-state index is 12.6. The maximum Gasteiger partial charge on any atom is 0.435 e. The van der Waals surface area contributed by atoms with Gasteiger partial charge in [0.05, 0.1) is 13.5 Å². The van der Waals surface area contributed by atoms with Crippen LogP contribution in [0.4, 0.5) is 13.2 Å². The van der Waals surface area contributed by atoms with Crippen LogP contribution < -0.4 is 10.5 Å². The first kappa shape index (κ1) is 19.3. The first-order valence-corrected chi connectivity index (χ1v) is 7.46. The molecule has 0 unspecified atom stereocenters. The van der Waals surface area contributed by atoms with Crippen molar-refractivity contribution in [2.45, 2.75) is 26.1 Å². The third kappa shape index (κ3) is 5.23. The summed E-state index contributed by atoms with van der Waals surface area (Å²) in [5.74, 6) is -0.198. The minimum atomic E-state index is -4.55. The summed E-state index contributed by atoms with van der Waals surface area (Å²) >= 11 is 0. The van der Waals surface area contributed by atoms with Gasteiger partial charge in [-0.2, -0.15) is 18.3 Å². The number of hydrogen-bond donors (Lipinski definition) is 1. The molecule has 0 spiro atoms. The maximum atomic E-state index is 12.6. The Morgan fingerprint density at radius 2 is 1.96 bits per heavy atom. The standard InChI is InChI=1S/C16H17F3N4O3/c1-10-7-13(16(17,18)19)21-23(10)9-14(20)22-26-15(24)8-11-3-5-12(25-2)6-4-11/h3-7H,8-9H2,1-2H3,(H2,20,22). The number of aromatic nitrogens is 2. The molecule has 0 aliphatic rings. The normalized spacial score (nSPS) is 12.1. The van der Waals surface area contributed by atoms with Crippen LogP contribution >= 0.6 is 0 Å². The summed E-state index contributed by atoms with van der Waals surface area (Å²) in [6, 6.07) is 7.67. The van der Waals surface area contributed by atoms with E-state index in [0.29, 0.717) is 11.3 Å². The number of amidine groups is 1. The van der Waals surface area contributed by atoms with E-state index in [1.165, 1.54) is 14.0 Å². The van der Waals surface area contributed by atoms with Crippen molar-refractivity contribution in [3.8, 4) is 5.75 Å². The minimum Gasteiger partial charge on any atom is -0.497 e. The summed E-state index contributed by atoms with van der Waals surface area (Å²) in [7, 11) is 1.53. The lowest BCUT2D eigenvalue weighted by Crippen LogP contribution is -2.22. The topological polar surface area (TPSA) is 91.7 Å². The number of methoxy groups -OCH3 is 1. The van der Waals surface area contributed by atoms with Crippen molar-refractivity contribution in [2.75, 3.05) is 7.11 Å². The zero-order valence-corrected chi connectivity index (χ0v) is 14.1. The lowest BCUT2D eigenvalue weighted by molar-refractivity contribution is -0.143. The molecule has 140 valence electrons. The summed E-state index contributed by atoms with van der Waals surface area (Å²) < 4.78 is 43.9. The van der Waals surface area contributed by atoms with E-state index in [1.807, 2.05) is 0 Å². The lowest BCUT2D eigenvalue weighted by Gasteiger charge is -2.05. The van der Waals surface area contributed by atoms with E-state index >= 15 is 0 Å². The first-order valence-electron chi connectivity index (χ1n) is 7.46. The molecule has 1 aromatic carbocycles. The fourth-order valence-corrected chi connectivity index (χ4v) is 2.04. The number of hydrogen-bond acceptors (Lipinski definition) is 5. The number of alkyl halides is 3. The fraction of sp³-hybridized carbons (Fsp3) is 0.312. The molecule has 0 fully saturated rings. The van der Waals surface area contributed by atoms with Gasteiger partial charge in [0.15, 0.2) is 11.5 Å². The van der Waals surface area contributed by atoms with Crippen molar-refractivity contribution >= 4 is 11.8 Å². The number of carbonyl (C=O) groups excluding carboxylic acids is 1. The van der Waals surface area contributed by atoms with Gasteiger partial charge in [-0.15, -0.1) is 0 Å². The molecule has 0 aliphatic heterocycles. The van der Waals surface area contributed by atoms with E-state index in [1.54, 1.807) is 24.3 Å². The molecule has 0 saturated heterocycles. The van der Waals surface area contributed by atoms with E-state index in [9.17, 15) is 18.0 Å². The number of aryl methyl sites for hydroxylation is 1. The molecule has 0 aliphatic carbocycles. The quantitative estimate of drug-likeness (QED) is 0.365. The number of benzene rings is 1. The van der Waals surface area contributed by atoms with Gasteiger partial charge in [0, 0.05) is 5.69 Å². The second kappa shape index (κ2) is 7.89. The van der Waals surface area contributed by atoms with E-state index in [-0.39, 0.29) is 24.5 Å². The molecule has 2 aromatic rings. The molecule has 10 heteroatoms. The monoisotopic (exact) mass is 370 g/mol. The molecule has 0 atom stereocenters. The predicted molar refractivity (Wildman–Crippen MR) is 86.4 cm³/mol. The molecule has 0 bridgehead atoms. The molecule has 0 amide bonds. The third-order valence-electron chi connectivity index (χ3n) is 3.36. The van der Waals surface area contributed by atoms with E-state index < -0.39 is 17.8 Å². The van der Waals surface area contributed by atoms with Gasteiger partial charge in [0.25, 0.3) is 0 Å². The number of halogens is 3. The summed E-state index contributed by atoms with van der Waals surface area (Å²) in [6.45, 7) is 1.21. The molecule has 2 rings (SSSR count). The van der Waals surface area contributed by atoms with Gasteiger partial charge in [-0.05, 0) is 30.7 Å². The largest absolute Gasteiger partial charge is 0.497 e. The van der Waals surface area contributed by atoms with Gasteiger partial charge in [0.1, 0.15) is 12.3 Å². The Morgan fingerprint density at radius 3 is 2.50 bits per heavy atom. The summed E-state index contributed by atoms with van der Waals surface area (Å²) in [6.07, 6.45) is -4.59. The number of nitrogens with two attached hydrogens (primary N) is 1. The zero-order valence-electron chi connectivity index (χ0n) is 14.1. The smallest absolute Gasteiger partial charge is 0.435 e. The lowest BCUT2D eigenvalue weighted by atomic mass is 10.1. The van der Waals surface area contributed by atoms with Crippen molar-refractivity contribution in [1.82, 2.24) is 9.78 Å². The number of ether oxygens (including phenoxy) is 1. The highest BCUT2D eigenvalue weighted by Crippen LogP contribution is 2.28. The Morgan fingerprint density at radius 1 is 1.31 bits per heavy atom. The number of oxime groups is 1. The Bertz CT molecular complexity index is 798.